The van der Waals surface area contributed by atoms with Gasteiger partial charge in [0.25, 0.3) is 0 Å². The van der Waals surface area contributed by atoms with E-state index in [0.717, 1.165) is 51.1 Å². The van der Waals surface area contributed by atoms with Gasteiger partial charge in [0.15, 0.2) is 0 Å². The van der Waals surface area contributed by atoms with Crippen molar-refractivity contribution >= 4 is 17.0 Å². The zero-order valence-corrected chi connectivity index (χ0v) is 17.3. The van der Waals surface area contributed by atoms with E-state index in [1.54, 1.807) is 0 Å². The number of benzene rings is 1. The van der Waals surface area contributed by atoms with Crippen LogP contribution in [0.5, 0.6) is 0 Å². The van der Waals surface area contributed by atoms with Crippen molar-refractivity contribution in [1.82, 2.24) is 15.2 Å². The largest absolute Gasteiger partial charge is 0.447 e. The summed E-state index contributed by atoms with van der Waals surface area (Å²) in [5.74, 6) is 0.449. The predicted octanol–water partition coefficient (Wildman–Crippen LogP) is 3.39. The summed E-state index contributed by atoms with van der Waals surface area (Å²) in [6.45, 7) is 6.81. The van der Waals surface area contributed by atoms with Crippen LogP contribution in [0.3, 0.4) is 0 Å². The number of pyridine rings is 1. The van der Waals surface area contributed by atoms with E-state index >= 15 is 0 Å². The number of carbonyl (C=O) groups is 1. The molecule has 2 saturated heterocycles. The molecule has 2 aromatic rings. The van der Waals surface area contributed by atoms with Gasteiger partial charge in [0, 0.05) is 42.7 Å². The highest BCUT2D eigenvalue weighted by atomic mass is 16.6. The minimum absolute atomic E-state index is 0.0704. The summed E-state index contributed by atoms with van der Waals surface area (Å²) in [6.07, 6.45) is 4.54. The number of para-hydroxylation sites is 1. The van der Waals surface area contributed by atoms with Crippen molar-refractivity contribution in [2.75, 3.05) is 26.3 Å². The lowest BCUT2D eigenvalue weighted by molar-refractivity contribution is 0.0668. The molecule has 0 bridgehead atoms. The molecule has 1 amide bonds. The van der Waals surface area contributed by atoms with Crippen LogP contribution < -0.4 is 5.32 Å². The van der Waals surface area contributed by atoms with E-state index in [4.69, 9.17) is 9.47 Å². The highest BCUT2D eigenvalue weighted by Gasteiger charge is 2.32. The molecule has 6 heteroatoms. The predicted molar refractivity (Wildman–Crippen MR) is 113 cm³/mol. The van der Waals surface area contributed by atoms with Crippen molar-refractivity contribution < 1.29 is 14.3 Å². The second-order valence-electron chi connectivity index (χ2n) is 8.46. The zero-order chi connectivity index (χ0) is 20.2. The normalized spacial score (nSPS) is 23.1. The number of amides is 1. The molecule has 2 fully saturated rings. The minimum atomic E-state index is -0.190. The van der Waals surface area contributed by atoms with Gasteiger partial charge in [-0.2, -0.15) is 0 Å². The van der Waals surface area contributed by atoms with Gasteiger partial charge in [-0.25, -0.2) is 4.79 Å². The molecule has 156 valence electrons. The first-order valence-electron chi connectivity index (χ1n) is 10.7. The zero-order valence-electron chi connectivity index (χ0n) is 17.3. The third-order valence-corrected chi connectivity index (χ3v) is 5.96. The van der Waals surface area contributed by atoms with Crippen LogP contribution in [0, 0.1) is 5.92 Å². The second-order valence-corrected chi connectivity index (χ2v) is 8.46. The minimum Gasteiger partial charge on any atom is -0.447 e. The average Bonchev–Trinajstić information content (AvgIpc) is 3.15. The Kier molecular flexibility index (Phi) is 6.31. The topological polar surface area (TPSA) is 63.7 Å². The van der Waals surface area contributed by atoms with E-state index in [1.165, 1.54) is 10.9 Å². The van der Waals surface area contributed by atoms with Gasteiger partial charge in [0.1, 0.15) is 0 Å². The smallest absolute Gasteiger partial charge is 0.410 e. The molecule has 0 saturated carbocycles. The molecule has 1 N–H and O–H groups in total. The van der Waals surface area contributed by atoms with Crippen LogP contribution in [0.4, 0.5) is 4.79 Å². The molecule has 0 aliphatic carbocycles. The van der Waals surface area contributed by atoms with Gasteiger partial charge >= 0.3 is 6.09 Å². The lowest BCUT2D eigenvalue weighted by Gasteiger charge is -2.34. The third kappa shape index (κ3) is 4.87. The molecule has 4 rings (SSSR count). The van der Waals surface area contributed by atoms with Crippen molar-refractivity contribution in [3.05, 3.63) is 42.1 Å². The van der Waals surface area contributed by atoms with Crippen LogP contribution in [-0.4, -0.2) is 60.5 Å². The molecule has 0 spiro atoms. The Morgan fingerprint density at radius 3 is 2.83 bits per heavy atom. The Hall–Kier alpha value is -2.18. The number of rotatable bonds is 5. The third-order valence-electron chi connectivity index (χ3n) is 5.96. The highest BCUT2D eigenvalue weighted by molar-refractivity contribution is 5.81. The molecule has 1 aromatic heterocycles. The summed E-state index contributed by atoms with van der Waals surface area (Å²) >= 11 is 0. The van der Waals surface area contributed by atoms with Crippen LogP contribution in [0.15, 0.2) is 36.5 Å². The van der Waals surface area contributed by atoms with Gasteiger partial charge in [-0.3, -0.25) is 4.98 Å². The first kappa shape index (κ1) is 20.1. The van der Waals surface area contributed by atoms with E-state index in [-0.39, 0.29) is 12.2 Å². The lowest BCUT2D eigenvalue weighted by atomic mass is 9.92. The maximum atomic E-state index is 12.1. The molecule has 2 unspecified atom stereocenters. The number of fused-ring (bicyclic) bond motifs is 1. The van der Waals surface area contributed by atoms with Crippen molar-refractivity contribution in [2.45, 2.75) is 51.3 Å². The molecular weight excluding hydrogens is 366 g/mol. The van der Waals surface area contributed by atoms with E-state index in [0.29, 0.717) is 18.0 Å². The maximum absolute atomic E-state index is 12.1. The van der Waals surface area contributed by atoms with E-state index in [2.05, 4.69) is 34.6 Å². The van der Waals surface area contributed by atoms with Gasteiger partial charge in [0.2, 0.25) is 0 Å². The molecule has 29 heavy (non-hydrogen) atoms. The van der Waals surface area contributed by atoms with Crippen LogP contribution in [0.1, 0.15) is 32.3 Å². The van der Waals surface area contributed by atoms with Crippen molar-refractivity contribution in [3.8, 4) is 0 Å². The van der Waals surface area contributed by atoms with Gasteiger partial charge in [-0.05, 0) is 50.8 Å². The van der Waals surface area contributed by atoms with E-state index < -0.39 is 0 Å². The Morgan fingerprint density at radius 2 is 2.03 bits per heavy atom. The summed E-state index contributed by atoms with van der Waals surface area (Å²) in [6, 6.07) is 11.2. The fourth-order valence-corrected chi connectivity index (χ4v) is 4.41. The molecular formula is C23H31N3O3. The quantitative estimate of drug-likeness (QED) is 0.838. The van der Waals surface area contributed by atoms with Gasteiger partial charge in [-0.15, -0.1) is 0 Å². The first-order valence-corrected chi connectivity index (χ1v) is 10.7. The van der Waals surface area contributed by atoms with E-state index in [1.807, 2.05) is 31.0 Å². The van der Waals surface area contributed by atoms with Crippen molar-refractivity contribution in [3.63, 3.8) is 0 Å². The first-order chi connectivity index (χ1) is 14.1. The Balaban J connectivity index is 1.33. The molecule has 0 radical (unpaired) electrons. The highest BCUT2D eigenvalue weighted by Crippen LogP contribution is 2.25. The number of carbonyl (C=O) groups excluding carboxylic acids is 1. The number of hydrogen-bond acceptors (Lipinski definition) is 5. The van der Waals surface area contributed by atoms with E-state index in [9.17, 15) is 4.79 Å². The van der Waals surface area contributed by atoms with Gasteiger partial charge in [-0.1, -0.05) is 18.2 Å². The number of nitrogens with zero attached hydrogens (tertiary/aromatic N) is 2. The standard InChI is InChI=1S/C23H31N3O3/c1-16(2)29-23(27)26-11-8-19(9-12-26)25-22-15-28-14-18(22)13-17-7-10-24-21-6-4-3-5-20(17)21/h3-7,10,16,18-19,22,25H,8-9,11-15H2,1-2H3. The van der Waals surface area contributed by atoms with Crippen LogP contribution in [0.25, 0.3) is 10.9 Å². The van der Waals surface area contributed by atoms with Crippen LogP contribution >= 0.6 is 0 Å². The molecule has 3 heterocycles. The van der Waals surface area contributed by atoms with Crippen molar-refractivity contribution in [2.24, 2.45) is 5.92 Å². The molecule has 2 atom stereocenters. The fraction of sp³-hybridized carbons (Fsp3) is 0.565. The molecule has 2 aliphatic rings. The Morgan fingerprint density at radius 1 is 1.24 bits per heavy atom. The second kappa shape index (κ2) is 9.09. The van der Waals surface area contributed by atoms with Crippen LogP contribution in [-0.2, 0) is 15.9 Å². The number of hydrogen-bond donors (Lipinski definition) is 1. The summed E-state index contributed by atoms with van der Waals surface area (Å²) in [5.41, 5.74) is 2.39. The Labute approximate surface area is 172 Å². The number of aromatic nitrogens is 1. The molecule has 2 aliphatic heterocycles. The summed E-state index contributed by atoms with van der Waals surface area (Å²) in [4.78, 5) is 18.4. The number of nitrogens with one attached hydrogen (secondary N) is 1. The monoisotopic (exact) mass is 397 g/mol. The lowest BCUT2D eigenvalue weighted by Crippen LogP contribution is -2.50. The number of piperidine rings is 1. The van der Waals surface area contributed by atoms with Crippen molar-refractivity contribution in [1.29, 1.82) is 0 Å². The summed E-state index contributed by atoms with van der Waals surface area (Å²) < 4.78 is 11.2. The summed E-state index contributed by atoms with van der Waals surface area (Å²) in [5, 5.41) is 5.05. The summed E-state index contributed by atoms with van der Waals surface area (Å²) in [7, 11) is 0. The van der Waals surface area contributed by atoms with Crippen LogP contribution in [0.2, 0.25) is 0 Å². The van der Waals surface area contributed by atoms with Gasteiger partial charge < -0.3 is 19.7 Å². The number of ether oxygens (including phenoxy) is 2. The SMILES string of the molecule is CC(C)OC(=O)N1CCC(NC2COCC2Cc2ccnc3ccccc23)CC1. The molecule has 1 aromatic carbocycles. The maximum Gasteiger partial charge on any atom is 0.410 e. The Bertz CT molecular complexity index is 828. The van der Waals surface area contributed by atoms with Gasteiger partial charge in [0.05, 0.1) is 24.8 Å². The average molecular weight is 398 g/mol. The number of likely N-dealkylation sites (tertiary alicyclic amines) is 1. The molecule has 6 nitrogen and oxygen atoms in total. The fourth-order valence-electron chi connectivity index (χ4n) is 4.41.